The van der Waals surface area contributed by atoms with E-state index in [4.69, 9.17) is 21.5 Å². The number of pyridine rings is 1. The first-order valence-electron chi connectivity index (χ1n) is 14.3. The van der Waals surface area contributed by atoms with E-state index in [0.29, 0.717) is 17.4 Å². The van der Waals surface area contributed by atoms with E-state index in [2.05, 4.69) is 25.5 Å². The van der Waals surface area contributed by atoms with Gasteiger partial charge in [-0.15, -0.1) is 0 Å². The van der Waals surface area contributed by atoms with E-state index in [9.17, 15) is 22.8 Å². The Bertz CT molecular complexity index is 1680. The molecule has 14 heteroatoms. The Morgan fingerprint density at radius 2 is 1.83 bits per heavy atom. The first-order chi connectivity index (χ1) is 21.7. The van der Waals surface area contributed by atoms with E-state index < -0.39 is 24.2 Å². The third-order valence-electron chi connectivity index (χ3n) is 7.48. The van der Waals surface area contributed by atoms with Crippen molar-refractivity contribution in [3.8, 4) is 0 Å². The van der Waals surface area contributed by atoms with Crippen molar-refractivity contribution in [1.82, 2.24) is 20.2 Å². The van der Waals surface area contributed by atoms with Crippen molar-refractivity contribution in [3.63, 3.8) is 0 Å². The number of benzene rings is 2. The van der Waals surface area contributed by atoms with Crippen LogP contribution in [-0.2, 0) is 16.0 Å². The maximum Gasteiger partial charge on any atom is 0.490 e. The predicted molar refractivity (Wildman–Crippen MR) is 170 cm³/mol. The molecule has 244 valence electrons. The summed E-state index contributed by atoms with van der Waals surface area (Å²) in [6.07, 6.45) is -0.728. The molecular weight excluding hydrogens is 625 g/mol. The minimum absolute atomic E-state index is 0.170. The topological polar surface area (TPSA) is 131 Å². The number of carboxylic acid groups (broad SMARTS) is 1. The van der Waals surface area contributed by atoms with E-state index in [-0.39, 0.29) is 17.7 Å². The highest BCUT2D eigenvalue weighted by atomic mass is 35.5. The van der Waals surface area contributed by atoms with Crippen LogP contribution in [0.4, 0.5) is 29.5 Å². The number of H-pyrrole nitrogens is 1. The lowest BCUT2D eigenvalue weighted by Gasteiger charge is -2.38. The number of aliphatic carboxylic acids is 1. The second kappa shape index (κ2) is 14.6. The fraction of sp³-hybridized carbons (Fsp3) is 0.312. The molecule has 1 aliphatic rings. The number of aromatic nitrogens is 2. The van der Waals surface area contributed by atoms with Gasteiger partial charge in [-0.1, -0.05) is 42.8 Å². The largest absolute Gasteiger partial charge is 0.490 e. The van der Waals surface area contributed by atoms with Gasteiger partial charge in [0, 0.05) is 53.0 Å². The van der Waals surface area contributed by atoms with Gasteiger partial charge in [-0.2, -0.15) is 13.2 Å². The second-order valence-corrected chi connectivity index (χ2v) is 11.7. The number of aromatic amines is 1. The number of anilines is 2. The van der Waals surface area contributed by atoms with Gasteiger partial charge in [0.05, 0.1) is 0 Å². The molecule has 0 aliphatic carbocycles. The molecule has 4 aromatic rings. The van der Waals surface area contributed by atoms with Gasteiger partial charge >= 0.3 is 18.2 Å². The summed E-state index contributed by atoms with van der Waals surface area (Å²) in [5.41, 5.74) is 3.81. The number of para-hydroxylation sites is 1. The quantitative estimate of drug-likeness (QED) is 0.195. The molecule has 2 aromatic carbocycles. The van der Waals surface area contributed by atoms with Crippen LogP contribution in [0.1, 0.15) is 24.0 Å². The molecule has 2 unspecified atom stereocenters. The van der Waals surface area contributed by atoms with E-state index in [1.54, 1.807) is 24.4 Å². The number of carboxylic acids is 1. The number of alkyl halides is 3. The zero-order valence-electron chi connectivity index (χ0n) is 25.3. The minimum Gasteiger partial charge on any atom is -0.475 e. The predicted octanol–water partition coefficient (Wildman–Crippen LogP) is 5.91. The number of amides is 3. The molecule has 46 heavy (non-hydrogen) atoms. The number of nitrogens with one attached hydrogen (secondary N) is 3. The standard InChI is InChI=1S/C30H33ClN6O2.C2HF3O2/c1-19(24-16-33-25-9-5-4-8-23(24)25)28(35-30(39)34-27-10-6-7-13-32-27)29(38)37-18-20(17-36(2)3)14-21-15-22(31)11-12-26(21)37;3-2(4,5)1(6)7/h4-13,15-16,19-20,28,33H,14,17-18H2,1-3H3,(H2,32,34,35,39);(H,6,7)/t19?,20-,28?;/m1./s1. The van der Waals surface area contributed by atoms with Gasteiger partial charge in [-0.3, -0.25) is 10.1 Å². The van der Waals surface area contributed by atoms with Crippen LogP contribution in [0.2, 0.25) is 5.02 Å². The van der Waals surface area contributed by atoms with Crippen molar-refractivity contribution in [1.29, 1.82) is 0 Å². The van der Waals surface area contributed by atoms with E-state index in [1.807, 2.05) is 74.6 Å². The SMILES string of the molecule is CC(c1c[nH]c2ccccc12)C(NC(=O)Nc1ccccn1)C(=O)N1C[C@@H](CN(C)C)Cc2cc(Cl)ccc21.O=C(O)C(F)(F)F. The minimum atomic E-state index is -5.08. The third-order valence-corrected chi connectivity index (χ3v) is 7.72. The van der Waals surface area contributed by atoms with Crippen LogP contribution in [0.5, 0.6) is 0 Å². The first kappa shape index (κ1) is 34.3. The monoisotopic (exact) mass is 658 g/mol. The number of hydrogen-bond acceptors (Lipinski definition) is 5. The highest BCUT2D eigenvalue weighted by molar-refractivity contribution is 6.30. The van der Waals surface area contributed by atoms with Crippen molar-refractivity contribution in [2.75, 3.05) is 37.4 Å². The number of urea groups is 1. The summed E-state index contributed by atoms with van der Waals surface area (Å²) in [7, 11) is 4.07. The Balaban J connectivity index is 0.000000617. The molecule has 0 spiro atoms. The maximum absolute atomic E-state index is 14.4. The number of halogens is 4. The van der Waals surface area contributed by atoms with Crippen LogP contribution in [0, 0.1) is 5.92 Å². The van der Waals surface area contributed by atoms with Gasteiger partial charge in [0.2, 0.25) is 5.91 Å². The average Bonchev–Trinajstić information content (AvgIpc) is 3.43. The Morgan fingerprint density at radius 1 is 1.13 bits per heavy atom. The molecule has 3 heterocycles. The second-order valence-electron chi connectivity index (χ2n) is 11.2. The molecule has 5 rings (SSSR count). The molecule has 2 aromatic heterocycles. The van der Waals surface area contributed by atoms with Crippen LogP contribution in [0.25, 0.3) is 10.9 Å². The number of hydrogen-bond donors (Lipinski definition) is 4. The summed E-state index contributed by atoms with van der Waals surface area (Å²) in [5.74, 6) is -2.62. The number of fused-ring (bicyclic) bond motifs is 2. The number of carbonyl (C=O) groups excluding carboxylic acids is 2. The lowest BCUT2D eigenvalue weighted by molar-refractivity contribution is -0.192. The van der Waals surface area contributed by atoms with Crippen molar-refractivity contribution in [2.24, 2.45) is 5.92 Å². The van der Waals surface area contributed by atoms with Crippen molar-refractivity contribution < 1.29 is 32.7 Å². The number of carbonyl (C=O) groups is 3. The average molecular weight is 659 g/mol. The van der Waals surface area contributed by atoms with Crippen molar-refractivity contribution in [2.45, 2.75) is 31.5 Å². The summed E-state index contributed by atoms with van der Waals surface area (Å²) >= 11 is 6.35. The highest BCUT2D eigenvalue weighted by Gasteiger charge is 2.39. The molecule has 3 amide bonds. The van der Waals surface area contributed by atoms with E-state index in [1.165, 1.54) is 0 Å². The third kappa shape index (κ3) is 8.55. The van der Waals surface area contributed by atoms with Crippen LogP contribution < -0.4 is 15.5 Å². The molecule has 0 radical (unpaired) electrons. The molecule has 10 nitrogen and oxygen atoms in total. The lowest BCUT2D eigenvalue weighted by atomic mass is 9.88. The van der Waals surface area contributed by atoms with Crippen LogP contribution in [0.15, 0.2) is 73.1 Å². The Morgan fingerprint density at radius 3 is 2.48 bits per heavy atom. The first-order valence-corrected chi connectivity index (χ1v) is 14.7. The van der Waals surface area contributed by atoms with Gasteiger partial charge in [0.1, 0.15) is 11.9 Å². The van der Waals surface area contributed by atoms with E-state index >= 15 is 0 Å². The van der Waals surface area contributed by atoms with Crippen LogP contribution >= 0.6 is 11.6 Å². The molecule has 4 N–H and O–H groups in total. The molecule has 0 saturated carbocycles. The van der Waals surface area contributed by atoms with Crippen LogP contribution in [-0.4, -0.2) is 77.3 Å². The Kier molecular flexibility index (Phi) is 10.9. The number of rotatable bonds is 7. The fourth-order valence-electron chi connectivity index (χ4n) is 5.51. The summed E-state index contributed by atoms with van der Waals surface area (Å²) in [5, 5.41) is 14.5. The molecule has 0 bridgehead atoms. The zero-order chi connectivity index (χ0) is 33.6. The summed E-state index contributed by atoms with van der Waals surface area (Å²) in [4.78, 5) is 48.0. The van der Waals surface area contributed by atoms with Gasteiger partial charge in [-0.25, -0.2) is 14.6 Å². The van der Waals surface area contributed by atoms with Gasteiger partial charge in [-0.05, 0) is 74.0 Å². The van der Waals surface area contributed by atoms with E-state index in [0.717, 1.165) is 40.7 Å². The van der Waals surface area contributed by atoms with Gasteiger partial charge in [0.15, 0.2) is 0 Å². The molecule has 1 aliphatic heterocycles. The smallest absolute Gasteiger partial charge is 0.475 e. The summed E-state index contributed by atoms with van der Waals surface area (Å²) < 4.78 is 31.7. The van der Waals surface area contributed by atoms with Crippen LogP contribution in [0.3, 0.4) is 0 Å². The van der Waals surface area contributed by atoms with Crippen molar-refractivity contribution in [3.05, 3.63) is 89.2 Å². The summed E-state index contributed by atoms with van der Waals surface area (Å²) in [6.45, 7) is 3.35. The normalized spacial score (nSPS) is 15.7. The van der Waals surface area contributed by atoms with Crippen molar-refractivity contribution >= 4 is 51.9 Å². The lowest BCUT2D eigenvalue weighted by Crippen LogP contribution is -2.55. The Hall–Kier alpha value is -4.62. The Labute approximate surface area is 268 Å². The maximum atomic E-state index is 14.4. The highest BCUT2D eigenvalue weighted by Crippen LogP contribution is 2.35. The summed E-state index contributed by atoms with van der Waals surface area (Å²) in [6, 6.07) is 17.6. The molecular formula is C32H34ClF3N6O4. The van der Waals surface area contributed by atoms with Gasteiger partial charge < -0.3 is 25.2 Å². The van der Waals surface area contributed by atoms with Gasteiger partial charge in [0.25, 0.3) is 0 Å². The number of nitrogens with zero attached hydrogens (tertiary/aromatic N) is 3. The molecule has 0 saturated heterocycles. The molecule has 3 atom stereocenters. The molecule has 0 fully saturated rings. The zero-order valence-corrected chi connectivity index (χ0v) is 26.1. The fourth-order valence-corrected chi connectivity index (χ4v) is 5.70.